The van der Waals surface area contributed by atoms with Crippen molar-refractivity contribution in [1.29, 1.82) is 0 Å². The summed E-state index contributed by atoms with van der Waals surface area (Å²) in [5, 5.41) is 2.75. The van der Waals surface area contributed by atoms with Crippen LogP contribution in [0.15, 0.2) is 0 Å². The Kier molecular flexibility index (Phi) is 4.46. The number of nitrogens with zero attached hydrogens (tertiary/aromatic N) is 1. The fourth-order valence-electron chi connectivity index (χ4n) is 1.14. The molecule has 1 rings (SSSR count). The van der Waals surface area contributed by atoms with Crippen molar-refractivity contribution in [2.45, 2.75) is 6.42 Å². The molecule has 1 fully saturated rings. The van der Waals surface area contributed by atoms with E-state index >= 15 is 0 Å². The first kappa shape index (κ1) is 9.88. The molecular formula is C7H15Cl2N2O2P. The zero-order valence-corrected chi connectivity index (χ0v) is 10.1. The van der Waals surface area contributed by atoms with Crippen molar-refractivity contribution in [3.8, 4) is 0 Å². The summed E-state index contributed by atoms with van der Waals surface area (Å²) in [6, 6.07) is 0. The first-order valence-corrected chi connectivity index (χ1v) is 6.87. The molecule has 84 valence electrons. The molecule has 0 spiro atoms. The van der Waals surface area contributed by atoms with E-state index in [0.717, 1.165) is 6.42 Å². The molecule has 0 saturated carbocycles. The average molecular weight is 265 g/mol. The van der Waals surface area contributed by atoms with E-state index in [1.807, 2.05) is 0 Å². The number of rotatable bonds is 5. The minimum absolute atomic E-state index is 0.197. The van der Waals surface area contributed by atoms with E-state index in [1.54, 1.807) is 0 Å². The lowest BCUT2D eigenvalue weighted by Gasteiger charge is -2.33. The maximum Gasteiger partial charge on any atom is 0.343 e. The van der Waals surface area contributed by atoms with Crippen LogP contribution in [0.5, 0.6) is 0 Å². The van der Waals surface area contributed by atoms with E-state index in [0.29, 0.717) is 13.2 Å². The number of nitrogens with one attached hydrogen (secondary N) is 1. The second kappa shape index (κ2) is 6.31. The quantitative estimate of drug-likeness (QED) is 0.608. The first-order valence-electron chi connectivity index (χ1n) is 5.48. The molecule has 4 nitrogen and oxygen atoms in total. The lowest BCUT2D eigenvalue weighted by molar-refractivity contribution is 0.233. The predicted octanol–water partition coefficient (Wildman–Crippen LogP) is 1.88. The van der Waals surface area contributed by atoms with Gasteiger partial charge in [-0.3, -0.25) is 4.57 Å². The van der Waals surface area contributed by atoms with Gasteiger partial charge in [-0.15, -0.1) is 23.2 Å². The second-order valence-electron chi connectivity index (χ2n) is 2.74. The normalized spacial score (nSPS) is 34.8. The van der Waals surface area contributed by atoms with Crippen LogP contribution in [0, 0.1) is 0 Å². The Balaban J connectivity index is 2.78. The molecule has 3 unspecified atom stereocenters. The van der Waals surface area contributed by atoms with Crippen molar-refractivity contribution < 1.29 is 11.8 Å². The molecule has 0 aromatic carbocycles. The van der Waals surface area contributed by atoms with Crippen LogP contribution in [-0.4, -0.2) is 42.6 Å². The highest BCUT2D eigenvalue weighted by Gasteiger charge is 2.32. The van der Waals surface area contributed by atoms with Crippen LogP contribution in [0.1, 0.15) is 9.16 Å². The molecule has 0 aliphatic carbocycles. The van der Waals surface area contributed by atoms with Gasteiger partial charge < -0.3 is 4.52 Å². The summed E-state index contributed by atoms with van der Waals surface area (Å²) in [6.07, 6.45) is 0.770. The van der Waals surface area contributed by atoms with E-state index < -0.39 is 20.0 Å². The highest BCUT2D eigenvalue weighted by molar-refractivity contribution is 7.54. The van der Waals surface area contributed by atoms with E-state index in [9.17, 15) is 4.57 Å². The third kappa shape index (κ3) is 3.37. The summed E-state index contributed by atoms with van der Waals surface area (Å²) in [5.41, 5.74) is 0. The molecule has 0 aromatic rings. The minimum atomic E-state index is -3.24. The van der Waals surface area contributed by atoms with Crippen molar-refractivity contribution >= 4 is 30.9 Å². The van der Waals surface area contributed by atoms with Crippen LogP contribution in [0.25, 0.3) is 0 Å². The summed E-state index contributed by atoms with van der Waals surface area (Å²) >= 11 is 11.1. The van der Waals surface area contributed by atoms with Crippen molar-refractivity contribution in [2.75, 3.05) is 38.0 Å². The molecule has 1 aliphatic heterocycles. The second-order valence-corrected chi connectivity index (χ2v) is 5.50. The molecule has 14 heavy (non-hydrogen) atoms. The molecule has 3 atom stereocenters. The molecule has 0 amide bonds. The first-order chi connectivity index (χ1) is 7.51. The highest BCUT2D eigenvalue weighted by atomic mass is 35.5. The van der Waals surface area contributed by atoms with Gasteiger partial charge in [-0.05, 0) is 6.42 Å². The SMILES string of the molecule is [3H]C(Cl)C([3H])N(CCCl)P1(=O)NCCCO1. The molecule has 0 bridgehead atoms. The van der Waals surface area contributed by atoms with Crippen LogP contribution in [0.2, 0.25) is 0 Å². The van der Waals surface area contributed by atoms with Gasteiger partial charge in [0.25, 0.3) is 0 Å². The monoisotopic (exact) mass is 264 g/mol. The minimum Gasteiger partial charge on any atom is -0.306 e. The molecule has 1 N–H and O–H groups in total. The fraction of sp³-hybridized carbons (Fsp3) is 1.00. The van der Waals surface area contributed by atoms with Gasteiger partial charge in [-0.2, -0.15) is 0 Å². The maximum atomic E-state index is 12.3. The van der Waals surface area contributed by atoms with Crippen LogP contribution in [0.3, 0.4) is 0 Å². The molecule has 0 aromatic heterocycles. The molecule has 1 aliphatic rings. The van der Waals surface area contributed by atoms with Crippen molar-refractivity contribution in [2.24, 2.45) is 0 Å². The van der Waals surface area contributed by atoms with Crippen LogP contribution < -0.4 is 5.09 Å². The number of hydrogen-bond donors (Lipinski definition) is 1. The molecule has 1 heterocycles. The van der Waals surface area contributed by atoms with Gasteiger partial charge in [0, 0.05) is 34.1 Å². The Morgan fingerprint density at radius 2 is 2.43 bits per heavy atom. The summed E-state index contributed by atoms with van der Waals surface area (Å²) in [7, 11) is -3.24. The largest absolute Gasteiger partial charge is 0.343 e. The van der Waals surface area contributed by atoms with E-state index in [1.165, 1.54) is 4.67 Å². The van der Waals surface area contributed by atoms with E-state index in [4.69, 9.17) is 30.5 Å². The van der Waals surface area contributed by atoms with E-state index in [-0.39, 0.29) is 12.4 Å². The summed E-state index contributed by atoms with van der Waals surface area (Å²) in [6.45, 7) is 0.00757. The van der Waals surface area contributed by atoms with E-state index in [2.05, 4.69) is 5.09 Å². The number of halogens is 2. The molecule has 7 heteroatoms. The van der Waals surface area contributed by atoms with Gasteiger partial charge in [0.1, 0.15) is 0 Å². The third-order valence-electron chi connectivity index (χ3n) is 1.78. The van der Waals surface area contributed by atoms with Gasteiger partial charge in [0.15, 0.2) is 0 Å². The van der Waals surface area contributed by atoms with Gasteiger partial charge in [-0.25, -0.2) is 9.76 Å². The summed E-state index contributed by atoms with van der Waals surface area (Å²) in [5.74, 6) is -0.991. The van der Waals surface area contributed by atoms with Crippen LogP contribution in [0.4, 0.5) is 0 Å². The molecule has 1 saturated heterocycles. The Bertz CT molecular complexity index is 263. The van der Waals surface area contributed by atoms with Crippen molar-refractivity contribution in [1.82, 2.24) is 9.76 Å². The number of alkyl halides is 2. The van der Waals surface area contributed by atoms with Crippen molar-refractivity contribution in [3.63, 3.8) is 0 Å². The standard InChI is InChI=1S/C7H15Cl2N2O2P/c8-2-5-11(6-3-9)14(12)10-4-1-7-13-14/h1-7H2,(H,10,12)/i2T,5T. The Morgan fingerprint density at radius 3 is 2.93 bits per heavy atom. The lowest BCUT2D eigenvalue weighted by Crippen LogP contribution is -2.35. The zero-order valence-electron chi connectivity index (χ0n) is 9.66. The maximum absolute atomic E-state index is 12.3. The highest BCUT2D eigenvalue weighted by Crippen LogP contribution is 2.47. The topological polar surface area (TPSA) is 41.6 Å². The smallest absolute Gasteiger partial charge is 0.306 e. The van der Waals surface area contributed by atoms with Gasteiger partial charge in [-0.1, -0.05) is 0 Å². The zero-order chi connectivity index (χ0) is 12.2. The Labute approximate surface area is 97.3 Å². The van der Waals surface area contributed by atoms with Crippen molar-refractivity contribution in [3.05, 3.63) is 0 Å². The molecule has 0 radical (unpaired) electrons. The third-order valence-corrected chi connectivity index (χ3v) is 4.23. The summed E-state index contributed by atoms with van der Waals surface area (Å²) in [4.78, 5) is 0. The van der Waals surface area contributed by atoms with Crippen LogP contribution in [-0.2, 0) is 9.09 Å². The average Bonchev–Trinajstić information content (AvgIpc) is 2.25. The van der Waals surface area contributed by atoms with Gasteiger partial charge >= 0.3 is 7.67 Å². The van der Waals surface area contributed by atoms with Gasteiger partial charge in [0.2, 0.25) is 0 Å². The predicted molar refractivity (Wildman–Crippen MR) is 59.2 cm³/mol. The summed E-state index contributed by atoms with van der Waals surface area (Å²) < 4.78 is 33.8. The fourth-order valence-corrected chi connectivity index (χ4v) is 3.50. The Morgan fingerprint density at radius 1 is 1.64 bits per heavy atom. The van der Waals surface area contributed by atoms with Crippen LogP contribution >= 0.6 is 30.9 Å². The van der Waals surface area contributed by atoms with Gasteiger partial charge in [0.05, 0.1) is 6.61 Å². The lowest BCUT2D eigenvalue weighted by atomic mass is 10.5. The number of hydrogen-bond acceptors (Lipinski definition) is 2. The Hall–Kier alpha value is 0.690. The molecular weight excluding hydrogens is 246 g/mol.